The molecule has 1 aliphatic rings. The van der Waals surface area contributed by atoms with Crippen molar-refractivity contribution in [3.8, 4) is 0 Å². The van der Waals surface area contributed by atoms with Crippen LogP contribution in [0, 0.1) is 6.92 Å². The van der Waals surface area contributed by atoms with Gasteiger partial charge in [0, 0.05) is 50.3 Å². The van der Waals surface area contributed by atoms with Crippen molar-refractivity contribution in [3.05, 3.63) is 24.0 Å². The van der Waals surface area contributed by atoms with E-state index in [2.05, 4.69) is 9.88 Å². The van der Waals surface area contributed by atoms with Gasteiger partial charge in [-0.05, 0) is 19.1 Å². The molecular formula is C13H18F3N3. The zero-order chi connectivity index (χ0) is 13.9. The molecule has 106 valence electrons. The Morgan fingerprint density at radius 3 is 2.47 bits per heavy atom. The summed E-state index contributed by atoms with van der Waals surface area (Å²) in [5.41, 5.74) is 2.06. The van der Waals surface area contributed by atoms with Gasteiger partial charge in [-0.25, -0.2) is 0 Å². The van der Waals surface area contributed by atoms with E-state index in [9.17, 15) is 13.2 Å². The predicted octanol–water partition coefficient (Wildman–Crippen LogP) is 2.46. The lowest BCUT2D eigenvalue weighted by molar-refractivity contribution is -0.138. The predicted molar refractivity (Wildman–Crippen MR) is 68.3 cm³/mol. The SMILES string of the molecule is Cc1cc(N2CCN(CCC(F)(F)F)CC2)ccn1. The summed E-state index contributed by atoms with van der Waals surface area (Å²) >= 11 is 0. The minimum absolute atomic E-state index is 0.104. The number of rotatable bonds is 3. The summed E-state index contributed by atoms with van der Waals surface area (Å²) in [6, 6.07) is 3.95. The van der Waals surface area contributed by atoms with Gasteiger partial charge in [0.25, 0.3) is 0 Å². The Morgan fingerprint density at radius 2 is 1.89 bits per heavy atom. The Bertz CT molecular complexity index is 412. The standard InChI is InChI=1S/C13H18F3N3/c1-11-10-12(2-4-17-11)19-8-6-18(7-9-19)5-3-13(14,15)16/h2,4,10H,3,5-9H2,1H3. The lowest BCUT2D eigenvalue weighted by atomic mass is 10.2. The van der Waals surface area contributed by atoms with Gasteiger partial charge in [0.15, 0.2) is 0 Å². The summed E-state index contributed by atoms with van der Waals surface area (Å²) < 4.78 is 36.5. The highest BCUT2D eigenvalue weighted by atomic mass is 19.4. The van der Waals surface area contributed by atoms with Crippen LogP contribution < -0.4 is 4.90 Å². The van der Waals surface area contributed by atoms with Crippen LogP contribution in [0.25, 0.3) is 0 Å². The number of alkyl halides is 3. The number of piperazine rings is 1. The van der Waals surface area contributed by atoms with Crippen LogP contribution in [0.2, 0.25) is 0 Å². The van der Waals surface area contributed by atoms with Crippen LogP contribution in [0.1, 0.15) is 12.1 Å². The molecule has 0 amide bonds. The maximum atomic E-state index is 12.2. The van der Waals surface area contributed by atoms with Crippen molar-refractivity contribution >= 4 is 5.69 Å². The highest BCUT2D eigenvalue weighted by Gasteiger charge is 2.28. The average Bonchev–Trinajstić information content (AvgIpc) is 2.36. The van der Waals surface area contributed by atoms with Crippen molar-refractivity contribution in [1.82, 2.24) is 9.88 Å². The van der Waals surface area contributed by atoms with E-state index in [0.29, 0.717) is 13.1 Å². The molecule has 1 aliphatic heterocycles. The molecule has 19 heavy (non-hydrogen) atoms. The van der Waals surface area contributed by atoms with Gasteiger partial charge in [0.2, 0.25) is 0 Å². The number of halogens is 3. The van der Waals surface area contributed by atoms with E-state index in [1.54, 1.807) is 6.20 Å². The lowest BCUT2D eigenvalue weighted by Crippen LogP contribution is -2.47. The van der Waals surface area contributed by atoms with Gasteiger partial charge in [-0.1, -0.05) is 0 Å². The molecule has 0 saturated carbocycles. The number of hydrogen-bond donors (Lipinski definition) is 0. The minimum atomic E-state index is -4.06. The van der Waals surface area contributed by atoms with E-state index in [0.717, 1.165) is 24.5 Å². The molecule has 0 bridgehead atoms. The first-order valence-corrected chi connectivity index (χ1v) is 6.41. The second kappa shape index (κ2) is 5.77. The van der Waals surface area contributed by atoms with Crippen molar-refractivity contribution in [3.63, 3.8) is 0 Å². The highest BCUT2D eigenvalue weighted by Crippen LogP contribution is 2.21. The van der Waals surface area contributed by atoms with Gasteiger partial charge in [0.05, 0.1) is 6.42 Å². The number of aryl methyl sites for hydroxylation is 1. The summed E-state index contributed by atoms with van der Waals surface area (Å²) in [6.07, 6.45) is -3.01. The Hall–Kier alpha value is -1.30. The zero-order valence-electron chi connectivity index (χ0n) is 11.0. The molecule has 1 aromatic rings. The second-order valence-corrected chi connectivity index (χ2v) is 4.85. The fourth-order valence-electron chi connectivity index (χ4n) is 2.24. The summed E-state index contributed by atoms with van der Waals surface area (Å²) in [5.74, 6) is 0. The number of aromatic nitrogens is 1. The molecule has 0 N–H and O–H groups in total. The first-order chi connectivity index (χ1) is 8.94. The number of anilines is 1. The van der Waals surface area contributed by atoms with Gasteiger partial charge in [-0.15, -0.1) is 0 Å². The third-order valence-electron chi connectivity index (χ3n) is 3.33. The summed E-state index contributed by atoms with van der Waals surface area (Å²) in [5, 5.41) is 0. The van der Waals surface area contributed by atoms with Gasteiger partial charge < -0.3 is 4.90 Å². The van der Waals surface area contributed by atoms with Crippen LogP contribution >= 0.6 is 0 Å². The Morgan fingerprint density at radius 1 is 1.21 bits per heavy atom. The highest BCUT2D eigenvalue weighted by molar-refractivity contribution is 5.46. The molecule has 2 rings (SSSR count). The molecule has 2 heterocycles. The van der Waals surface area contributed by atoms with Gasteiger partial charge in [-0.2, -0.15) is 13.2 Å². The molecule has 0 spiro atoms. The quantitative estimate of drug-likeness (QED) is 0.843. The topological polar surface area (TPSA) is 19.4 Å². The molecule has 6 heteroatoms. The second-order valence-electron chi connectivity index (χ2n) is 4.85. The first-order valence-electron chi connectivity index (χ1n) is 6.41. The maximum Gasteiger partial charge on any atom is 0.390 e. The van der Waals surface area contributed by atoms with E-state index < -0.39 is 12.6 Å². The Kier molecular flexibility index (Phi) is 4.29. The third-order valence-corrected chi connectivity index (χ3v) is 3.33. The smallest absolute Gasteiger partial charge is 0.369 e. The molecule has 0 aromatic carbocycles. The van der Waals surface area contributed by atoms with Gasteiger partial charge >= 0.3 is 6.18 Å². The molecular weight excluding hydrogens is 255 g/mol. The van der Waals surface area contributed by atoms with Crippen LogP contribution in [0.4, 0.5) is 18.9 Å². The molecule has 0 atom stereocenters. The van der Waals surface area contributed by atoms with Crippen molar-refractivity contribution in [1.29, 1.82) is 0 Å². The molecule has 3 nitrogen and oxygen atoms in total. The molecule has 1 saturated heterocycles. The molecule has 1 aromatic heterocycles. The monoisotopic (exact) mass is 273 g/mol. The fourth-order valence-corrected chi connectivity index (χ4v) is 2.24. The molecule has 0 unspecified atom stereocenters. The van der Waals surface area contributed by atoms with Gasteiger partial charge in [-0.3, -0.25) is 9.88 Å². The average molecular weight is 273 g/mol. The molecule has 0 radical (unpaired) electrons. The molecule has 0 aliphatic carbocycles. The lowest BCUT2D eigenvalue weighted by Gasteiger charge is -2.36. The minimum Gasteiger partial charge on any atom is -0.369 e. The Balaban J connectivity index is 1.82. The fraction of sp³-hybridized carbons (Fsp3) is 0.615. The summed E-state index contributed by atoms with van der Waals surface area (Å²) in [7, 11) is 0. The van der Waals surface area contributed by atoms with Crippen LogP contribution in [-0.2, 0) is 0 Å². The van der Waals surface area contributed by atoms with E-state index in [1.165, 1.54) is 0 Å². The van der Waals surface area contributed by atoms with E-state index in [4.69, 9.17) is 0 Å². The molecule has 1 fully saturated rings. The largest absolute Gasteiger partial charge is 0.390 e. The zero-order valence-corrected chi connectivity index (χ0v) is 11.0. The van der Waals surface area contributed by atoms with E-state index in [-0.39, 0.29) is 6.54 Å². The number of pyridine rings is 1. The van der Waals surface area contributed by atoms with Crippen molar-refractivity contribution < 1.29 is 13.2 Å². The maximum absolute atomic E-state index is 12.2. The Labute approximate surface area is 111 Å². The van der Waals surface area contributed by atoms with E-state index in [1.807, 2.05) is 24.0 Å². The van der Waals surface area contributed by atoms with Crippen molar-refractivity contribution in [2.24, 2.45) is 0 Å². The van der Waals surface area contributed by atoms with Gasteiger partial charge in [0.1, 0.15) is 0 Å². The summed E-state index contributed by atoms with van der Waals surface area (Å²) in [6.45, 7) is 4.92. The van der Waals surface area contributed by atoms with Crippen molar-refractivity contribution in [2.45, 2.75) is 19.5 Å². The summed E-state index contributed by atoms with van der Waals surface area (Å²) in [4.78, 5) is 8.21. The van der Waals surface area contributed by atoms with Crippen molar-refractivity contribution in [2.75, 3.05) is 37.6 Å². The van der Waals surface area contributed by atoms with Crippen LogP contribution in [-0.4, -0.2) is 48.8 Å². The normalized spacial score (nSPS) is 17.8. The van der Waals surface area contributed by atoms with Crippen LogP contribution in [0.3, 0.4) is 0 Å². The number of hydrogen-bond acceptors (Lipinski definition) is 3. The van der Waals surface area contributed by atoms with Crippen LogP contribution in [0.5, 0.6) is 0 Å². The van der Waals surface area contributed by atoms with Crippen LogP contribution in [0.15, 0.2) is 18.3 Å². The first kappa shape index (κ1) is 14.1. The number of nitrogens with zero attached hydrogens (tertiary/aromatic N) is 3. The van der Waals surface area contributed by atoms with E-state index >= 15 is 0 Å². The third kappa shape index (κ3) is 4.38.